The van der Waals surface area contributed by atoms with Gasteiger partial charge in [0.1, 0.15) is 11.3 Å². The van der Waals surface area contributed by atoms with E-state index in [-0.39, 0.29) is 17.5 Å². The molecule has 0 bridgehead atoms. The molecule has 0 spiro atoms. The van der Waals surface area contributed by atoms with E-state index in [1.165, 1.54) is 10.9 Å². The Kier molecular flexibility index (Phi) is 5.39. The van der Waals surface area contributed by atoms with Crippen LogP contribution in [0.4, 0.5) is 5.69 Å². The number of pyridine rings is 1. The van der Waals surface area contributed by atoms with E-state index in [1.54, 1.807) is 18.0 Å². The Morgan fingerprint density at radius 2 is 1.76 bits per heavy atom. The molecular weight excluding hydrogens is 418 g/mol. The second kappa shape index (κ2) is 8.51. The summed E-state index contributed by atoms with van der Waals surface area (Å²) in [5, 5.41) is 7.08. The molecule has 5 rings (SSSR count). The average molecular weight is 444 g/mol. The van der Waals surface area contributed by atoms with Gasteiger partial charge in [-0.3, -0.25) is 14.3 Å². The fraction of sp³-hybridized carbons (Fsp3) is 0.250. The number of amides is 2. The largest absolute Gasteiger partial charge is 0.336 e. The van der Waals surface area contributed by atoms with Crippen LogP contribution in [0.3, 0.4) is 0 Å². The highest BCUT2D eigenvalue weighted by atomic mass is 16.2. The Morgan fingerprint density at radius 3 is 2.52 bits per heavy atom. The number of hydrogen-bond donors (Lipinski definition) is 1. The summed E-state index contributed by atoms with van der Waals surface area (Å²) in [5.41, 5.74) is 3.74. The van der Waals surface area contributed by atoms with Gasteiger partial charge in [-0.25, -0.2) is 4.98 Å². The zero-order valence-corrected chi connectivity index (χ0v) is 18.6. The number of nitrogens with zero attached hydrogens (tertiary/aromatic N) is 6. The maximum atomic E-state index is 13.1. The number of rotatable bonds is 4. The third-order valence-electron chi connectivity index (χ3n) is 5.96. The lowest BCUT2D eigenvalue weighted by Crippen LogP contribution is -2.47. The van der Waals surface area contributed by atoms with Gasteiger partial charge in [-0.2, -0.15) is 5.10 Å². The second-order valence-electron chi connectivity index (χ2n) is 8.25. The number of likely N-dealkylation sites (N-methyl/N-ethyl adjacent to an activating group) is 1. The summed E-state index contributed by atoms with van der Waals surface area (Å²) in [7, 11) is 3.70. The number of piperazine rings is 1. The Bertz CT molecular complexity index is 1320. The highest BCUT2D eigenvalue weighted by Crippen LogP contribution is 2.21. The molecule has 1 aliphatic heterocycles. The summed E-state index contributed by atoms with van der Waals surface area (Å²) in [6.45, 7) is 2.88. The zero-order valence-electron chi connectivity index (χ0n) is 18.6. The molecule has 33 heavy (non-hydrogen) atoms. The minimum Gasteiger partial charge on any atom is -0.336 e. The number of aryl methyl sites for hydroxylation is 1. The molecular formula is C24H25N7O2. The molecule has 0 atom stereocenters. The molecule has 1 saturated heterocycles. The van der Waals surface area contributed by atoms with Crippen molar-refractivity contribution < 1.29 is 9.59 Å². The quantitative estimate of drug-likeness (QED) is 0.523. The lowest BCUT2D eigenvalue weighted by atomic mass is 10.2. The summed E-state index contributed by atoms with van der Waals surface area (Å²) < 4.78 is 3.35. The van der Waals surface area contributed by atoms with Gasteiger partial charge < -0.3 is 19.5 Å². The lowest BCUT2D eigenvalue weighted by Gasteiger charge is -2.32. The molecule has 9 nitrogen and oxygen atoms in total. The molecule has 1 aromatic carbocycles. The summed E-state index contributed by atoms with van der Waals surface area (Å²) in [4.78, 5) is 34.8. The Labute approximate surface area is 191 Å². The van der Waals surface area contributed by atoms with Crippen LogP contribution in [0.25, 0.3) is 16.9 Å². The highest BCUT2D eigenvalue weighted by molar-refractivity contribution is 6.11. The van der Waals surface area contributed by atoms with Crippen molar-refractivity contribution in [2.24, 2.45) is 7.05 Å². The van der Waals surface area contributed by atoms with E-state index in [0.717, 1.165) is 24.3 Å². The lowest BCUT2D eigenvalue weighted by molar-refractivity contribution is 0.0660. The van der Waals surface area contributed by atoms with Gasteiger partial charge in [-0.1, -0.05) is 30.3 Å². The minimum absolute atomic E-state index is 0.169. The number of anilines is 1. The van der Waals surface area contributed by atoms with E-state index >= 15 is 0 Å². The molecule has 2 amide bonds. The number of aromatic nitrogens is 4. The maximum absolute atomic E-state index is 13.1. The van der Waals surface area contributed by atoms with E-state index in [4.69, 9.17) is 0 Å². The molecule has 0 radical (unpaired) electrons. The predicted molar refractivity (Wildman–Crippen MR) is 125 cm³/mol. The van der Waals surface area contributed by atoms with E-state index in [1.807, 2.05) is 60.2 Å². The third-order valence-corrected chi connectivity index (χ3v) is 5.96. The Hall–Kier alpha value is -3.98. The predicted octanol–water partition coefficient (Wildman–Crippen LogP) is 2.37. The normalized spacial score (nSPS) is 14.5. The van der Waals surface area contributed by atoms with Crippen molar-refractivity contribution in [1.29, 1.82) is 0 Å². The zero-order chi connectivity index (χ0) is 22.9. The van der Waals surface area contributed by atoms with Crippen molar-refractivity contribution in [3.63, 3.8) is 0 Å². The van der Waals surface area contributed by atoms with Gasteiger partial charge in [0.25, 0.3) is 11.8 Å². The summed E-state index contributed by atoms with van der Waals surface area (Å²) in [5.74, 6) is -0.552. The number of benzene rings is 1. The van der Waals surface area contributed by atoms with Gasteiger partial charge in [0.2, 0.25) is 0 Å². The number of fused-ring (bicyclic) bond motifs is 1. The van der Waals surface area contributed by atoms with Crippen LogP contribution in [0, 0.1) is 0 Å². The smallest absolute Gasteiger partial charge is 0.274 e. The molecule has 4 aromatic rings. The fourth-order valence-electron chi connectivity index (χ4n) is 4.04. The molecule has 1 N–H and O–H groups in total. The van der Waals surface area contributed by atoms with Gasteiger partial charge in [0.05, 0.1) is 17.5 Å². The molecule has 9 heteroatoms. The van der Waals surface area contributed by atoms with Crippen molar-refractivity contribution >= 4 is 23.1 Å². The van der Waals surface area contributed by atoms with Crippen molar-refractivity contribution in [3.05, 3.63) is 72.3 Å². The van der Waals surface area contributed by atoms with Crippen LogP contribution in [0.15, 0.2) is 61.1 Å². The van der Waals surface area contributed by atoms with E-state index in [2.05, 4.69) is 20.3 Å². The van der Waals surface area contributed by atoms with Gasteiger partial charge >= 0.3 is 0 Å². The summed E-state index contributed by atoms with van der Waals surface area (Å²) in [6.07, 6.45) is 5.27. The number of nitrogens with one attached hydrogen (secondary N) is 1. The molecule has 4 heterocycles. The van der Waals surface area contributed by atoms with Gasteiger partial charge in [0, 0.05) is 62.9 Å². The number of imidazole rings is 1. The molecule has 0 aliphatic carbocycles. The fourth-order valence-corrected chi connectivity index (χ4v) is 4.04. The number of carbonyl (C=O) groups is 2. The summed E-state index contributed by atoms with van der Waals surface area (Å²) in [6, 6.07) is 13.5. The van der Waals surface area contributed by atoms with Gasteiger partial charge in [-0.05, 0) is 13.1 Å². The molecule has 3 aromatic heterocycles. The van der Waals surface area contributed by atoms with Crippen LogP contribution < -0.4 is 5.32 Å². The number of carbonyl (C=O) groups excluding carboxylic acids is 2. The molecule has 168 valence electrons. The first-order chi connectivity index (χ1) is 16.0. The standard InChI is InChI=1S/C24H25N7O2/c1-28-10-12-30(13-11-28)24(33)19-15-25-29(2)22(19)23(32)26-18-8-9-31-16-20(27-21(31)14-18)17-6-4-3-5-7-17/h3-9,14-16H,10-13H2,1-2H3,(H,26,32). The van der Waals surface area contributed by atoms with Crippen molar-refractivity contribution in [1.82, 2.24) is 29.0 Å². The molecule has 0 unspecified atom stereocenters. The van der Waals surface area contributed by atoms with Crippen molar-refractivity contribution in [2.75, 3.05) is 38.5 Å². The maximum Gasteiger partial charge on any atom is 0.274 e. The third kappa shape index (κ3) is 4.10. The average Bonchev–Trinajstić information content (AvgIpc) is 3.43. The highest BCUT2D eigenvalue weighted by Gasteiger charge is 2.27. The van der Waals surface area contributed by atoms with E-state index < -0.39 is 0 Å². The first kappa shape index (κ1) is 20.9. The first-order valence-corrected chi connectivity index (χ1v) is 10.8. The summed E-state index contributed by atoms with van der Waals surface area (Å²) >= 11 is 0. The van der Waals surface area contributed by atoms with Crippen LogP contribution >= 0.6 is 0 Å². The Balaban J connectivity index is 1.37. The van der Waals surface area contributed by atoms with E-state index in [0.29, 0.717) is 30.0 Å². The van der Waals surface area contributed by atoms with Gasteiger partial charge in [0.15, 0.2) is 0 Å². The van der Waals surface area contributed by atoms with Crippen LogP contribution in [0.5, 0.6) is 0 Å². The van der Waals surface area contributed by atoms with Crippen molar-refractivity contribution in [3.8, 4) is 11.3 Å². The molecule has 0 saturated carbocycles. The molecule has 1 aliphatic rings. The molecule has 1 fully saturated rings. The van der Waals surface area contributed by atoms with Crippen LogP contribution in [-0.4, -0.2) is 74.0 Å². The van der Waals surface area contributed by atoms with Gasteiger partial charge in [-0.15, -0.1) is 0 Å². The monoisotopic (exact) mass is 443 g/mol. The topological polar surface area (TPSA) is 87.8 Å². The first-order valence-electron chi connectivity index (χ1n) is 10.8. The van der Waals surface area contributed by atoms with Crippen LogP contribution in [0.2, 0.25) is 0 Å². The number of hydrogen-bond acceptors (Lipinski definition) is 5. The van der Waals surface area contributed by atoms with Crippen LogP contribution in [0.1, 0.15) is 20.8 Å². The van der Waals surface area contributed by atoms with E-state index in [9.17, 15) is 9.59 Å². The Morgan fingerprint density at radius 1 is 1.00 bits per heavy atom. The minimum atomic E-state index is -0.383. The second-order valence-corrected chi connectivity index (χ2v) is 8.25. The SMILES string of the molecule is CN1CCN(C(=O)c2cnn(C)c2C(=O)Nc2ccn3cc(-c4ccccc4)nc3c2)CC1. The van der Waals surface area contributed by atoms with Crippen molar-refractivity contribution in [2.45, 2.75) is 0 Å². The van der Waals surface area contributed by atoms with Crippen LogP contribution in [-0.2, 0) is 7.05 Å².